The standard InChI is InChI=1S/C17H24O8/c18-14(7-4-8-24-22)23-10-13-16(20)17(21)15(19)12(25-13)9-11-5-2-1-3-6-11/h1-3,5-6,12-13,15-17,19-22H,4,7-10H2. The summed E-state index contributed by atoms with van der Waals surface area (Å²) in [6.45, 7) is -0.225. The molecule has 2 rings (SSSR count). The molecule has 25 heavy (non-hydrogen) atoms. The summed E-state index contributed by atoms with van der Waals surface area (Å²) in [5, 5.41) is 38.4. The highest BCUT2D eigenvalue weighted by Gasteiger charge is 2.43. The van der Waals surface area contributed by atoms with E-state index in [-0.39, 0.29) is 19.6 Å². The Morgan fingerprint density at radius 1 is 1.04 bits per heavy atom. The Morgan fingerprint density at radius 2 is 1.72 bits per heavy atom. The van der Waals surface area contributed by atoms with Crippen LogP contribution in [-0.4, -0.2) is 70.3 Å². The molecule has 1 aromatic rings. The van der Waals surface area contributed by atoms with Crippen LogP contribution in [0, 0.1) is 0 Å². The third kappa shape index (κ3) is 5.74. The van der Waals surface area contributed by atoms with Gasteiger partial charge in [-0.15, -0.1) is 0 Å². The summed E-state index contributed by atoms with van der Waals surface area (Å²) < 4.78 is 10.7. The predicted octanol–water partition coefficient (Wildman–Crippen LogP) is -0.108. The first-order valence-electron chi connectivity index (χ1n) is 8.18. The number of carbonyl (C=O) groups excluding carboxylic acids is 1. The van der Waals surface area contributed by atoms with Crippen molar-refractivity contribution in [2.75, 3.05) is 13.2 Å². The molecule has 5 atom stereocenters. The van der Waals surface area contributed by atoms with Crippen LogP contribution in [0.3, 0.4) is 0 Å². The van der Waals surface area contributed by atoms with Crippen LogP contribution in [-0.2, 0) is 25.6 Å². The molecule has 0 amide bonds. The fourth-order valence-corrected chi connectivity index (χ4v) is 2.71. The molecule has 8 heteroatoms. The Hall–Kier alpha value is -1.55. The molecule has 5 unspecified atom stereocenters. The van der Waals surface area contributed by atoms with E-state index >= 15 is 0 Å². The number of rotatable bonds is 8. The lowest BCUT2D eigenvalue weighted by Gasteiger charge is -2.40. The number of aliphatic hydroxyl groups is 3. The molecule has 1 saturated heterocycles. The van der Waals surface area contributed by atoms with Crippen molar-refractivity contribution in [1.29, 1.82) is 0 Å². The third-order valence-electron chi connectivity index (χ3n) is 4.12. The number of hydrogen-bond donors (Lipinski definition) is 4. The molecule has 1 aliphatic heterocycles. The average molecular weight is 356 g/mol. The van der Waals surface area contributed by atoms with Crippen molar-refractivity contribution in [1.82, 2.24) is 0 Å². The van der Waals surface area contributed by atoms with Crippen molar-refractivity contribution in [3.8, 4) is 0 Å². The first-order valence-corrected chi connectivity index (χ1v) is 8.18. The summed E-state index contributed by atoms with van der Waals surface area (Å²) in [5.74, 6) is -0.534. The number of esters is 1. The largest absolute Gasteiger partial charge is 0.463 e. The van der Waals surface area contributed by atoms with Crippen molar-refractivity contribution in [3.05, 3.63) is 35.9 Å². The maximum absolute atomic E-state index is 11.6. The lowest BCUT2D eigenvalue weighted by atomic mass is 9.91. The van der Waals surface area contributed by atoms with Crippen LogP contribution >= 0.6 is 0 Å². The van der Waals surface area contributed by atoms with Gasteiger partial charge in [-0.05, 0) is 12.0 Å². The van der Waals surface area contributed by atoms with Crippen LogP contribution in [0.4, 0.5) is 0 Å². The van der Waals surface area contributed by atoms with E-state index in [4.69, 9.17) is 14.7 Å². The van der Waals surface area contributed by atoms with Gasteiger partial charge in [0.15, 0.2) is 0 Å². The van der Waals surface area contributed by atoms with Gasteiger partial charge in [-0.3, -0.25) is 10.1 Å². The van der Waals surface area contributed by atoms with E-state index in [0.717, 1.165) is 5.56 Å². The van der Waals surface area contributed by atoms with Gasteiger partial charge in [0, 0.05) is 12.8 Å². The summed E-state index contributed by atoms with van der Waals surface area (Å²) in [7, 11) is 0. The molecule has 8 nitrogen and oxygen atoms in total. The SMILES string of the molecule is O=C(CCCOO)OCC1OC(Cc2ccccc2)C(O)C(O)C1O. The molecular formula is C17H24O8. The highest BCUT2D eigenvalue weighted by atomic mass is 17.1. The molecule has 1 aliphatic rings. The Labute approximate surface area is 145 Å². The van der Waals surface area contributed by atoms with E-state index in [1.807, 2.05) is 30.3 Å². The topological polar surface area (TPSA) is 126 Å². The van der Waals surface area contributed by atoms with Crippen molar-refractivity contribution >= 4 is 5.97 Å². The van der Waals surface area contributed by atoms with E-state index < -0.39 is 36.5 Å². The molecule has 0 spiro atoms. The second-order valence-electron chi connectivity index (χ2n) is 5.99. The van der Waals surface area contributed by atoms with Gasteiger partial charge in [-0.25, -0.2) is 4.89 Å². The Morgan fingerprint density at radius 3 is 2.40 bits per heavy atom. The predicted molar refractivity (Wildman–Crippen MR) is 85.6 cm³/mol. The highest BCUT2D eigenvalue weighted by molar-refractivity contribution is 5.69. The molecule has 1 heterocycles. The van der Waals surface area contributed by atoms with Crippen LogP contribution in [0.2, 0.25) is 0 Å². The highest BCUT2D eigenvalue weighted by Crippen LogP contribution is 2.24. The quantitative estimate of drug-likeness (QED) is 0.220. The number of ether oxygens (including phenoxy) is 2. The summed E-state index contributed by atoms with van der Waals surface area (Å²) in [5.41, 5.74) is 0.912. The van der Waals surface area contributed by atoms with Crippen LogP contribution < -0.4 is 0 Å². The fraction of sp³-hybridized carbons (Fsp3) is 0.588. The van der Waals surface area contributed by atoms with Crippen molar-refractivity contribution in [3.63, 3.8) is 0 Å². The summed E-state index contributed by atoms with van der Waals surface area (Å²) in [6.07, 6.45) is -4.99. The lowest BCUT2D eigenvalue weighted by Crippen LogP contribution is -2.59. The third-order valence-corrected chi connectivity index (χ3v) is 4.12. The summed E-state index contributed by atoms with van der Waals surface area (Å²) in [6, 6.07) is 9.30. The van der Waals surface area contributed by atoms with Crippen molar-refractivity contribution < 1.29 is 39.7 Å². The van der Waals surface area contributed by atoms with Gasteiger partial charge in [-0.1, -0.05) is 30.3 Å². The molecule has 140 valence electrons. The van der Waals surface area contributed by atoms with E-state index in [9.17, 15) is 20.1 Å². The second kappa shape index (κ2) is 9.81. The zero-order chi connectivity index (χ0) is 18.2. The Kier molecular flexibility index (Phi) is 7.76. The molecule has 0 bridgehead atoms. The number of hydrogen-bond acceptors (Lipinski definition) is 8. The molecule has 1 fully saturated rings. The average Bonchev–Trinajstić information content (AvgIpc) is 2.62. The van der Waals surface area contributed by atoms with Gasteiger partial charge >= 0.3 is 5.97 Å². The van der Waals surface area contributed by atoms with Crippen molar-refractivity contribution in [2.45, 2.75) is 49.8 Å². The number of aliphatic hydroxyl groups excluding tert-OH is 3. The first kappa shape index (κ1) is 19.8. The fourth-order valence-electron chi connectivity index (χ4n) is 2.71. The first-order chi connectivity index (χ1) is 12.0. The van der Waals surface area contributed by atoms with E-state index in [1.54, 1.807) is 0 Å². The van der Waals surface area contributed by atoms with Crippen LogP contribution in [0.1, 0.15) is 18.4 Å². The molecule has 0 saturated carbocycles. The zero-order valence-electron chi connectivity index (χ0n) is 13.7. The Balaban J connectivity index is 1.90. The Bertz CT molecular complexity index is 523. The second-order valence-corrected chi connectivity index (χ2v) is 5.99. The van der Waals surface area contributed by atoms with Crippen LogP contribution in [0.5, 0.6) is 0 Å². The van der Waals surface area contributed by atoms with Gasteiger partial charge < -0.3 is 24.8 Å². The minimum Gasteiger partial charge on any atom is -0.463 e. The van der Waals surface area contributed by atoms with Gasteiger partial charge in [0.25, 0.3) is 0 Å². The summed E-state index contributed by atoms with van der Waals surface area (Å²) in [4.78, 5) is 15.4. The molecule has 1 aromatic carbocycles. The minimum absolute atomic E-state index is 0.0156. The molecular weight excluding hydrogens is 332 g/mol. The summed E-state index contributed by atoms with van der Waals surface area (Å²) >= 11 is 0. The maximum atomic E-state index is 11.6. The lowest BCUT2D eigenvalue weighted by molar-refractivity contribution is -0.243. The van der Waals surface area contributed by atoms with Crippen LogP contribution in [0.25, 0.3) is 0 Å². The van der Waals surface area contributed by atoms with E-state index in [1.165, 1.54) is 0 Å². The zero-order valence-corrected chi connectivity index (χ0v) is 13.7. The van der Waals surface area contributed by atoms with E-state index in [0.29, 0.717) is 12.8 Å². The van der Waals surface area contributed by atoms with Crippen molar-refractivity contribution in [2.24, 2.45) is 0 Å². The van der Waals surface area contributed by atoms with Gasteiger partial charge in [0.05, 0.1) is 12.7 Å². The molecule has 0 radical (unpaired) electrons. The minimum atomic E-state index is -1.39. The smallest absolute Gasteiger partial charge is 0.305 e. The molecule has 0 aromatic heterocycles. The number of carbonyl (C=O) groups is 1. The van der Waals surface area contributed by atoms with Gasteiger partial charge in [0.1, 0.15) is 31.0 Å². The van der Waals surface area contributed by atoms with Gasteiger partial charge in [0.2, 0.25) is 0 Å². The monoisotopic (exact) mass is 356 g/mol. The normalized spacial score (nSPS) is 29.4. The van der Waals surface area contributed by atoms with E-state index in [2.05, 4.69) is 4.89 Å². The van der Waals surface area contributed by atoms with Gasteiger partial charge in [-0.2, -0.15) is 0 Å². The molecule has 0 aliphatic carbocycles. The maximum Gasteiger partial charge on any atom is 0.305 e. The van der Waals surface area contributed by atoms with Crippen LogP contribution in [0.15, 0.2) is 30.3 Å². The molecule has 4 N–H and O–H groups in total. The number of benzene rings is 1.